The van der Waals surface area contributed by atoms with Gasteiger partial charge in [0.05, 0.1) is 5.52 Å². The van der Waals surface area contributed by atoms with Gasteiger partial charge in [-0.1, -0.05) is 11.8 Å². The zero-order valence-electron chi connectivity index (χ0n) is 16.7. The third-order valence-electron chi connectivity index (χ3n) is 5.47. The highest BCUT2D eigenvalue weighted by molar-refractivity contribution is 5.93. The maximum atomic E-state index is 14.5. The van der Waals surface area contributed by atoms with E-state index in [4.69, 9.17) is 0 Å². The van der Waals surface area contributed by atoms with Crippen LogP contribution in [0.1, 0.15) is 32.3 Å². The highest BCUT2D eigenvalue weighted by Crippen LogP contribution is 2.44. The van der Waals surface area contributed by atoms with Crippen LogP contribution >= 0.6 is 0 Å². The standard InChI is InChI=1S/C23H19F2N5/c1-3-29(18-11-15(10-17(25)12-18)6-7-23(2)8-9-23)21-19-13-16(24)4-5-20(19)30-14-26-28-22(30)27-21/h4-5,10-14H,3,8-9H2,1-2H3. The Kier molecular flexibility index (Phi) is 4.17. The lowest BCUT2D eigenvalue weighted by atomic mass is 10.1. The normalized spacial score (nSPS) is 14.5. The van der Waals surface area contributed by atoms with E-state index in [2.05, 4.69) is 33.9 Å². The molecule has 0 spiro atoms. The summed E-state index contributed by atoms with van der Waals surface area (Å²) in [5.74, 6) is 6.47. The van der Waals surface area contributed by atoms with Gasteiger partial charge in [-0.05, 0) is 63.1 Å². The summed E-state index contributed by atoms with van der Waals surface area (Å²) in [7, 11) is 0. The van der Waals surface area contributed by atoms with E-state index in [1.165, 1.54) is 30.6 Å². The molecule has 0 aliphatic heterocycles. The number of hydrogen-bond donors (Lipinski definition) is 0. The minimum absolute atomic E-state index is 0.0465. The molecule has 0 bridgehead atoms. The first-order valence-electron chi connectivity index (χ1n) is 9.86. The van der Waals surface area contributed by atoms with E-state index < -0.39 is 0 Å². The van der Waals surface area contributed by atoms with Gasteiger partial charge >= 0.3 is 0 Å². The number of rotatable bonds is 3. The smallest absolute Gasteiger partial charge is 0.257 e. The Morgan fingerprint density at radius 1 is 1.13 bits per heavy atom. The van der Waals surface area contributed by atoms with Gasteiger partial charge in [-0.25, -0.2) is 8.78 Å². The van der Waals surface area contributed by atoms with Gasteiger partial charge in [0.1, 0.15) is 23.8 Å². The lowest BCUT2D eigenvalue weighted by Gasteiger charge is -2.24. The number of aromatic nitrogens is 4. The maximum absolute atomic E-state index is 14.5. The molecule has 5 rings (SSSR count). The number of hydrogen-bond acceptors (Lipinski definition) is 4. The lowest BCUT2D eigenvalue weighted by Crippen LogP contribution is -2.19. The topological polar surface area (TPSA) is 46.3 Å². The number of nitrogens with zero attached hydrogens (tertiary/aromatic N) is 5. The van der Waals surface area contributed by atoms with Gasteiger partial charge in [-0.15, -0.1) is 10.2 Å². The third-order valence-corrected chi connectivity index (χ3v) is 5.47. The van der Waals surface area contributed by atoms with Crippen LogP contribution in [-0.2, 0) is 0 Å². The molecule has 0 unspecified atom stereocenters. The van der Waals surface area contributed by atoms with Crippen LogP contribution in [0.3, 0.4) is 0 Å². The second-order valence-electron chi connectivity index (χ2n) is 7.85. The molecule has 0 radical (unpaired) electrons. The van der Waals surface area contributed by atoms with Crippen molar-refractivity contribution in [2.24, 2.45) is 5.41 Å². The zero-order chi connectivity index (χ0) is 20.9. The van der Waals surface area contributed by atoms with Crippen LogP contribution in [0.2, 0.25) is 0 Å². The Morgan fingerprint density at radius 3 is 2.73 bits per heavy atom. The Morgan fingerprint density at radius 2 is 1.97 bits per heavy atom. The SMILES string of the molecule is CCN(c1cc(F)cc(C#CC2(C)CC2)c1)c1nc2nncn2c2ccc(F)cc12. The lowest BCUT2D eigenvalue weighted by molar-refractivity contribution is 0.627. The number of fused-ring (bicyclic) bond motifs is 3. The first kappa shape index (κ1) is 18.5. The first-order chi connectivity index (χ1) is 14.5. The summed E-state index contributed by atoms with van der Waals surface area (Å²) in [5, 5.41) is 8.55. The molecule has 1 aliphatic carbocycles. The van der Waals surface area contributed by atoms with Gasteiger partial charge in [0.25, 0.3) is 5.78 Å². The van der Waals surface area contributed by atoms with Gasteiger partial charge < -0.3 is 4.90 Å². The quantitative estimate of drug-likeness (QED) is 0.458. The third kappa shape index (κ3) is 3.24. The highest BCUT2D eigenvalue weighted by atomic mass is 19.1. The molecule has 150 valence electrons. The Labute approximate surface area is 172 Å². The van der Waals surface area contributed by atoms with Gasteiger partial charge in [0.15, 0.2) is 0 Å². The molecule has 0 amide bonds. The fourth-order valence-corrected chi connectivity index (χ4v) is 3.53. The molecule has 2 aromatic carbocycles. The fourth-order valence-electron chi connectivity index (χ4n) is 3.53. The van der Waals surface area contributed by atoms with E-state index in [1.54, 1.807) is 10.5 Å². The molecule has 4 aromatic rings. The summed E-state index contributed by atoms with van der Waals surface area (Å²) in [4.78, 5) is 6.43. The molecule has 1 aliphatic rings. The summed E-state index contributed by atoms with van der Waals surface area (Å²) in [6.07, 6.45) is 3.68. The summed E-state index contributed by atoms with van der Waals surface area (Å²) < 4.78 is 30.2. The molecular formula is C23H19F2N5. The van der Waals surface area contributed by atoms with Crippen molar-refractivity contribution in [3.63, 3.8) is 0 Å². The molecular weight excluding hydrogens is 384 g/mol. The monoisotopic (exact) mass is 403 g/mol. The molecule has 1 saturated carbocycles. The second-order valence-corrected chi connectivity index (χ2v) is 7.85. The number of halogens is 2. The van der Waals surface area contributed by atoms with Crippen molar-refractivity contribution in [1.82, 2.24) is 19.6 Å². The molecule has 0 atom stereocenters. The average molecular weight is 403 g/mol. The molecule has 0 N–H and O–H groups in total. The van der Waals surface area contributed by atoms with Crippen molar-refractivity contribution < 1.29 is 8.78 Å². The van der Waals surface area contributed by atoms with Crippen LogP contribution in [0.15, 0.2) is 42.7 Å². The van der Waals surface area contributed by atoms with Gasteiger partial charge in [0.2, 0.25) is 0 Å². The number of benzene rings is 2. The Hall–Kier alpha value is -3.53. The van der Waals surface area contributed by atoms with Crippen LogP contribution in [-0.4, -0.2) is 26.1 Å². The van der Waals surface area contributed by atoms with Crippen LogP contribution < -0.4 is 4.90 Å². The van der Waals surface area contributed by atoms with Crippen LogP contribution in [0.4, 0.5) is 20.3 Å². The van der Waals surface area contributed by atoms with E-state index in [0.717, 1.165) is 18.4 Å². The van der Waals surface area contributed by atoms with Crippen molar-refractivity contribution in [3.05, 3.63) is 59.9 Å². The molecule has 5 nitrogen and oxygen atoms in total. The van der Waals surface area contributed by atoms with E-state index in [9.17, 15) is 8.78 Å². The average Bonchev–Trinajstić information content (AvgIpc) is 3.27. The molecule has 2 aromatic heterocycles. The summed E-state index contributed by atoms with van der Waals surface area (Å²) >= 11 is 0. The van der Waals surface area contributed by atoms with Crippen molar-refractivity contribution in [1.29, 1.82) is 0 Å². The van der Waals surface area contributed by atoms with Crippen molar-refractivity contribution in [3.8, 4) is 11.8 Å². The Bertz CT molecular complexity index is 1340. The predicted molar refractivity (Wildman–Crippen MR) is 112 cm³/mol. The second kappa shape index (κ2) is 6.77. The number of anilines is 2. The first-order valence-corrected chi connectivity index (χ1v) is 9.86. The van der Waals surface area contributed by atoms with Crippen molar-refractivity contribution >= 4 is 28.2 Å². The van der Waals surface area contributed by atoms with E-state index in [-0.39, 0.29) is 17.0 Å². The van der Waals surface area contributed by atoms with Crippen LogP contribution in [0.5, 0.6) is 0 Å². The molecule has 0 saturated heterocycles. The highest BCUT2D eigenvalue weighted by Gasteiger charge is 2.35. The maximum Gasteiger partial charge on any atom is 0.257 e. The van der Waals surface area contributed by atoms with E-state index in [0.29, 0.717) is 34.8 Å². The molecule has 7 heteroatoms. The predicted octanol–water partition coefficient (Wildman–Crippen LogP) is 4.87. The fraction of sp³-hybridized carbons (Fsp3) is 0.261. The molecule has 30 heavy (non-hydrogen) atoms. The zero-order valence-corrected chi connectivity index (χ0v) is 16.7. The van der Waals surface area contributed by atoms with Crippen LogP contribution in [0, 0.1) is 28.9 Å². The van der Waals surface area contributed by atoms with Crippen LogP contribution in [0.25, 0.3) is 16.7 Å². The van der Waals surface area contributed by atoms with Crippen molar-refractivity contribution in [2.45, 2.75) is 26.7 Å². The minimum Gasteiger partial charge on any atom is -0.326 e. The molecule has 1 fully saturated rings. The Balaban J connectivity index is 1.68. The molecule has 2 heterocycles. The van der Waals surface area contributed by atoms with Gasteiger partial charge in [-0.2, -0.15) is 4.98 Å². The summed E-state index contributed by atoms with van der Waals surface area (Å²) in [6, 6.07) is 9.19. The minimum atomic E-state index is -0.379. The van der Waals surface area contributed by atoms with Gasteiger partial charge in [-0.3, -0.25) is 4.40 Å². The van der Waals surface area contributed by atoms with Crippen molar-refractivity contribution in [2.75, 3.05) is 11.4 Å². The summed E-state index contributed by atoms with van der Waals surface area (Å²) in [6.45, 7) is 4.54. The summed E-state index contributed by atoms with van der Waals surface area (Å²) in [5.41, 5.74) is 1.98. The van der Waals surface area contributed by atoms with Gasteiger partial charge in [0, 0.05) is 28.6 Å². The van der Waals surface area contributed by atoms with E-state index >= 15 is 0 Å². The van der Waals surface area contributed by atoms with E-state index in [1.807, 2.05) is 17.9 Å². The largest absolute Gasteiger partial charge is 0.326 e.